The van der Waals surface area contributed by atoms with Crippen LogP contribution in [0.25, 0.3) is 0 Å². The van der Waals surface area contributed by atoms with E-state index in [1.165, 1.54) is 21.2 Å². The number of anilines is 2. The zero-order valence-electron chi connectivity index (χ0n) is 28.4. The topological polar surface area (TPSA) is 110 Å². The molecular formula is C38H44N4O7S. The summed E-state index contributed by atoms with van der Waals surface area (Å²) in [4.78, 5) is 46.7. The highest BCUT2D eigenvalue weighted by atomic mass is 32.2. The lowest BCUT2D eigenvalue weighted by atomic mass is 10.0. The first-order valence-electron chi connectivity index (χ1n) is 17.1. The Kier molecular flexibility index (Phi) is 12.2. The molecule has 3 aromatic rings. The van der Waals surface area contributed by atoms with Crippen molar-refractivity contribution in [2.24, 2.45) is 0 Å². The SMILES string of the molecule is C=C1CCC(N2C(=O)c3ccc(OCCOCCOCCOCCN(C)CCCN4c5ccccc5Sc5ccccc54)cc3C2=O)C(=O)N1. The molecule has 1 unspecified atom stereocenters. The van der Waals surface area contributed by atoms with Crippen LogP contribution in [-0.4, -0.2) is 106 Å². The van der Waals surface area contributed by atoms with E-state index >= 15 is 0 Å². The van der Waals surface area contributed by atoms with Crippen LogP contribution >= 0.6 is 11.8 Å². The molecule has 3 aliphatic rings. The number of piperidine rings is 1. The predicted molar refractivity (Wildman–Crippen MR) is 191 cm³/mol. The summed E-state index contributed by atoms with van der Waals surface area (Å²) < 4.78 is 22.7. The maximum Gasteiger partial charge on any atom is 0.262 e. The Morgan fingerprint density at radius 3 is 2.10 bits per heavy atom. The van der Waals surface area contributed by atoms with Gasteiger partial charge in [0.25, 0.3) is 11.8 Å². The lowest BCUT2D eigenvalue weighted by Gasteiger charge is -2.33. The molecule has 1 atom stereocenters. The van der Waals surface area contributed by atoms with Gasteiger partial charge in [-0.15, -0.1) is 0 Å². The number of benzene rings is 3. The smallest absolute Gasteiger partial charge is 0.262 e. The van der Waals surface area contributed by atoms with Crippen molar-refractivity contribution in [3.05, 3.63) is 90.1 Å². The van der Waals surface area contributed by atoms with E-state index in [9.17, 15) is 14.4 Å². The molecule has 11 nitrogen and oxygen atoms in total. The fourth-order valence-electron chi connectivity index (χ4n) is 6.23. The number of amides is 3. The van der Waals surface area contributed by atoms with Crippen LogP contribution in [0.3, 0.4) is 0 Å². The molecule has 0 spiro atoms. The lowest BCUT2D eigenvalue weighted by Crippen LogP contribution is -2.51. The number of rotatable bonds is 18. The van der Waals surface area contributed by atoms with Gasteiger partial charge in [0.15, 0.2) is 0 Å². The molecule has 1 fully saturated rings. The number of hydrogen-bond acceptors (Lipinski definition) is 10. The Labute approximate surface area is 297 Å². The average molecular weight is 701 g/mol. The maximum atomic E-state index is 13.0. The second-order valence-corrected chi connectivity index (χ2v) is 13.5. The molecule has 3 aromatic carbocycles. The third-order valence-corrected chi connectivity index (χ3v) is 9.96. The van der Waals surface area contributed by atoms with E-state index in [0.29, 0.717) is 63.9 Å². The second kappa shape index (κ2) is 17.1. The minimum atomic E-state index is -0.843. The van der Waals surface area contributed by atoms with Gasteiger partial charge in [-0.2, -0.15) is 0 Å². The van der Waals surface area contributed by atoms with E-state index < -0.39 is 23.8 Å². The first kappa shape index (κ1) is 35.6. The molecule has 0 aromatic heterocycles. The van der Waals surface area contributed by atoms with Gasteiger partial charge >= 0.3 is 0 Å². The molecule has 264 valence electrons. The average Bonchev–Trinajstić information content (AvgIpc) is 3.36. The Morgan fingerprint density at radius 2 is 1.42 bits per heavy atom. The van der Waals surface area contributed by atoms with Crippen molar-refractivity contribution in [2.45, 2.75) is 35.1 Å². The highest BCUT2D eigenvalue weighted by molar-refractivity contribution is 7.99. The maximum absolute atomic E-state index is 13.0. The third-order valence-electron chi connectivity index (χ3n) is 8.83. The Bertz CT molecular complexity index is 1660. The van der Waals surface area contributed by atoms with Crippen LogP contribution in [0.1, 0.15) is 40.0 Å². The van der Waals surface area contributed by atoms with Crippen LogP contribution in [-0.2, 0) is 19.0 Å². The van der Waals surface area contributed by atoms with Crippen molar-refractivity contribution in [1.29, 1.82) is 0 Å². The van der Waals surface area contributed by atoms with E-state index in [1.807, 2.05) is 11.8 Å². The lowest BCUT2D eigenvalue weighted by molar-refractivity contribution is -0.125. The second-order valence-electron chi connectivity index (χ2n) is 12.4. The van der Waals surface area contributed by atoms with E-state index in [-0.39, 0.29) is 17.7 Å². The van der Waals surface area contributed by atoms with Gasteiger partial charge in [0, 0.05) is 28.6 Å². The van der Waals surface area contributed by atoms with Crippen LogP contribution in [0, 0.1) is 0 Å². The summed E-state index contributed by atoms with van der Waals surface area (Å²) in [6.07, 6.45) is 1.92. The van der Waals surface area contributed by atoms with E-state index in [2.05, 4.69) is 77.3 Å². The highest BCUT2D eigenvalue weighted by Gasteiger charge is 2.44. The van der Waals surface area contributed by atoms with Crippen molar-refractivity contribution in [1.82, 2.24) is 15.1 Å². The molecule has 0 bridgehead atoms. The first-order valence-corrected chi connectivity index (χ1v) is 17.9. The first-order chi connectivity index (χ1) is 24.4. The number of para-hydroxylation sites is 2. The largest absolute Gasteiger partial charge is 0.491 e. The molecule has 3 aliphatic heterocycles. The number of fused-ring (bicyclic) bond motifs is 3. The molecule has 12 heteroatoms. The number of nitrogens with zero attached hydrogens (tertiary/aromatic N) is 3. The predicted octanol–water partition coefficient (Wildman–Crippen LogP) is 5.13. The van der Waals surface area contributed by atoms with E-state index in [1.54, 1.807) is 18.2 Å². The number of ether oxygens (including phenoxy) is 4. The molecule has 1 N–H and O–H groups in total. The molecule has 6 rings (SSSR count). The van der Waals surface area contributed by atoms with Gasteiger partial charge in [-0.05, 0) is 75.3 Å². The fourth-order valence-corrected chi connectivity index (χ4v) is 7.33. The van der Waals surface area contributed by atoms with Crippen LogP contribution in [0.15, 0.2) is 88.8 Å². The monoisotopic (exact) mass is 700 g/mol. The van der Waals surface area contributed by atoms with Crippen LogP contribution in [0.4, 0.5) is 11.4 Å². The molecule has 1 saturated heterocycles. The fraction of sp³-hybridized carbons (Fsp3) is 0.395. The summed E-state index contributed by atoms with van der Waals surface area (Å²) in [6, 6.07) is 21.1. The highest BCUT2D eigenvalue weighted by Crippen LogP contribution is 2.47. The minimum Gasteiger partial charge on any atom is -0.491 e. The Hall–Kier alpha value is -4.20. The number of carbonyl (C=O) groups is 3. The minimum absolute atomic E-state index is 0.234. The Morgan fingerprint density at radius 1 is 0.800 bits per heavy atom. The number of nitrogens with one attached hydrogen (secondary N) is 1. The number of likely N-dealkylation sites (N-methyl/N-ethyl adjacent to an activating group) is 1. The molecule has 0 radical (unpaired) electrons. The van der Waals surface area contributed by atoms with Crippen molar-refractivity contribution < 1.29 is 33.3 Å². The summed E-state index contributed by atoms with van der Waals surface area (Å²) in [5, 5.41) is 2.63. The van der Waals surface area contributed by atoms with Crippen molar-refractivity contribution in [3.8, 4) is 5.75 Å². The number of imide groups is 1. The van der Waals surface area contributed by atoms with Crippen molar-refractivity contribution >= 4 is 40.9 Å². The molecule has 3 amide bonds. The standard InChI is InChI=1S/C38H44N4O7S/c1-27-12-15-33(36(43)39-27)42-37(44)29-14-13-28(26-30(29)38(42)45)49-25-24-48-23-22-47-21-20-46-19-18-40(2)16-7-17-41-31-8-3-5-10-34(31)50-35-11-6-4-9-32(35)41/h3-6,8-11,13-14,26,33H,1,7,12,15-25H2,2H3,(H,39,43). The summed E-state index contributed by atoms with van der Waals surface area (Å²) in [5.41, 5.74) is 3.65. The van der Waals surface area contributed by atoms with Gasteiger partial charge < -0.3 is 34.1 Å². The zero-order chi connectivity index (χ0) is 34.9. The number of allylic oxidation sites excluding steroid dienone is 1. The molecule has 0 saturated carbocycles. The summed E-state index contributed by atoms with van der Waals surface area (Å²) in [6.45, 7) is 9.67. The van der Waals surface area contributed by atoms with Gasteiger partial charge in [0.1, 0.15) is 18.4 Å². The van der Waals surface area contributed by atoms with E-state index in [4.69, 9.17) is 18.9 Å². The summed E-state index contributed by atoms with van der Waals surface area (Å²) in [7, 11) is 2.13. The third kappa shape index (κ3) is 8.56. The summed E-state index contributed by atoms with van der Waals surface area (Å²) in [5.74, 6) is -0.901. The van der Waals surface area contributed by atoms with Crippen LogP contribution in [0.2, 0.25) is 0 Å². The van der Waals surface area contributed by atoms with Gasteiger partial charge in [-0.25, -0.2) is 0 Å². The van der Waals surface area contributed by atoms with Gasteiger partial charge in [0.2, 0.25) is 5.91 Å². The number of carbonyl (C=O) groups excluding carboxylic acids is 3. The Balaban J connectivity index is 0.788. The zero-order valence-corrected chi connectivity index (χ0v) is 29.3. The van der Waals surface area contributed by atoms with Crippen LogP contribution < -0.4 is 15.0 Å². The normalized spacial score (nSPS) is 16.8. The van der Waals surface area contributed by atoms with Gasteiger partial charge in [-0.1, -0.05) is 42.6 Å². The number of hydrogen-bond donors (Lipinski definition) is 1. The van der Waals surface area contributed by atoms with Gasteiger partial charge in [0.05, 0.1) is 62.1 Å². The summed E-state index contributed by atoms with van der Waals surface area (Å²) >= 11 is 1.84. The molecular weight excluding hydrogens is 657 g/mol. The molecule has 0 aliphatic carbocycles. The van der Waals surface area contributed by atoms with Crippen molar-refractivity contribution in [3.63, 3.8) is 0 Å². The van der Waals surface area contributed by atoms with Crippen molar-refractivity contribution in [2.75, 3.05) is 77.8 Å². The van der Waals surface area contributed by atoms with E-state index in [0.717, 1.165) is 31.0 Å². The van der Waals surface area contributed by atoms with Crippen LogP contribution in [0.5, 0.6) is 5.75 Å². The van der Waals surface area contributed by atoms with Gasteiger partial charge in [-0.3, -0.25) is 19.3 Å². The molecule has 50 heavy (non-hydrogen) atoms. The quantitative estimate of drug-likeness (QED) is 0.142. The molecule has 3 heterocycles.